The summed E-state index contributed by atoms with van der Waals surface area (Å²) in [5, 5.41) is 3.06. The number of fused-ring (bicyclic) bond motifs is 7. The van der Waals surface area contributed by atoms with E-state index >= 15 is 0 Å². The van der Waals surface area contributed by atoms with Crippen LogP contribution >= 0.6 is 24.0 Å². The highest BCUT2D eigenvalue weighted by atomic mass is 35.5. The molecule has 2 aliphatic heterocycles. The molecule has 0 radical (unpaired) electrons. The molecule has 1 aromatic heterocycles. The van der Waals surface area contributed by atoms with Gasteiger partial charge in [-0.1, -0.05) is 23.7 Å². The Balaban J connectivity index is 0.00000306. The third-order valence-corrected chi connectivity index (χ3v) is 5.30. The Morgan fingerprint density at radius 3 is 2.76 bits per heavy atom. The predicted molar refractivity (Wildman–Crippen MR) is 130 cm³/mol. The van der Waals surface area contributed by atoms with E-state index in [1.54, 1.807) is 18.1 Å². The molecule has 176 valence electrons. The van der Waals surface area contributed by atoms with Gasteiger partial charge in [-0.05, 0) is 49.2 Å². The van der Waals surface area contributed by atoms with Crippen LogP contribution in [-0.4, -0.2) is 42.9 Å². The van der Waals surface area contributed by atoms with Gasteiger partial charge in [-0.15, -0.1) is 12.4 Å². The molecular weight excluding hydrogens is 467 g/mol. The third kappa shape index (κ3) is 6.16. The monoisotopic (exact) mass is 492 g/mol. The van der Waals surface area contributed by atoms with E-state index in [4.69, 9.17) is 35.9 Å². The van der Waals surface area contributed by atoms with Crippen LogP contribution in [0.4, 0.5) is 11.8 Å². The zero-order valence-corrected chi connectivity index (χ0v) is 20.1. The van der Waals surface area contributed by atoms with E-state index in [-0.39, 0.29) is 25.2 Å². The fourth-order valence-electron chi connectivity index (χ4n) is 3.42. The maximum atomic E-state index is 11.6. The molecule has 0 N–H and O–H groups in total. The van der Waals surface area contributed by atoms with Crippen LogP contribution in [0.25, 0.3) is 10.9 Å². The van der Waals surface area contributed by atoms with Crippen molar-refractivity contribution in [3.05, 3.63) is 53.1 Å². The van der Waals surface area contributed by atoms with Crippen LogP contribution in [0.1, 0.15) is 25.3 Å². The molecule has 0 amide bonds. The molecular formula is C23H26Cl2N4O4. The standard InChI is InChI=1S/C23H25ClN4O4.ClH/c1-3-30-21(29)5-4-12-27(2)23-25-20-11-8-17(24)13-19(20)22(26-23)28-14-16-6-9-18(10-7-16)31-15-32-28;/h6-11,13H,3-5,12,14-15H2,1-2H3;1H. The minimum atomic E-state index is -0.202. The minimum Gasteiger partial charge on any atom is -0.466 e. The van der Waals surface area contributed by atoms with Gasteiger partial charge in [-0.25, -0.2) is 14.9 Å². The predicted octanol–water partition coefficient (Wildman–Crippen LogP) is 4.77. The SMILES string of the molecule is CCOC(=O)CCCN(C)c1nc(N2Cc3ccc(cc3)OCO2)c2cc(Cl)ccc2n1.Cl. The summed E-state index contributed by atoms with van der Waals surface area (Å²) in [7, 11) is 1.90. The van der Waals surface area contributed by atoms with Gasteiger partial charge < -0.3 is 14.4 Å². The van der Waals surface area contributed by atoms with Crippen LogP contribution in [0.5, 0.6) is 5.75 Å². The van der Waals surface area contributed by atoms with Crippen LogP contribution in [0, 0.1) is 0 Å². The van der Waals surface area contributed by atoms with E-state index in [9.17, 15) is 4.79 Å². The number of benzene rings is 2. The summed E-state index contributed by atoms with van der Waals surface area (Å²) in [6, 6.07) is 13.3. The number of aromatic nitrogens is 2. The summed E-state index contributed by atoms with van der Waals surface area (Å²) in [5.74, 6) is 1.66. The van der Waals surface area contributed by atoms with Gasteiger partial charge in [-0.2, -0.15) is 4.98 Å². The van der Waals surface area contributed by atoms with Crippen molar-refractivity contribution in [1.82, 2.24) is 9.97 Å². The number of anilines is 2. The Labute approximate surface area is 203 Å². The highest BCUT2D eigenvalue weighted by Crippen LogP contribution is 2.31. The fraction of sp³-hybridized carbons (Fsp3) is 0.348. The highest BCUT2D eigenvalue weighted by Gasteiger charge is 2.20. The van der Waals surface area contributed by atoms with Gasteiger partial charge in [0.25, 0.3) is 0 Å². The number of esters is 1. The molecule has 33 heavy (non-hydrogen) atoms. The van der Waals surface area contributed by atoms with E-state index in [0.29, 0.717) is 49.3 Å². The zero-order valence-electron chi connectivity index (χ0n) is 18.5. The third-order valence-electron chi connectivity index (χ3n) is 5.07. The molecule has 2 aliphatic rings. The molecule has 0 fully saturated rings. The van der Waals surface area contributed by atoms with Crippen molar-refractivity contribution in [2.75, 3.05) is 37.0 Å². The van der Waals surface area contributed by atoms with Crippen molar-refractivity contribution in [3.63, 3.8) is 0 Å². The molecule has 0 spiro atoms. The van der Waals surface area contributed by atoms with Gasteiger partial charge in [0, 0.05) is 30.4 Å². The first-order valence-corrected chi connectivity index (χ1v) is 10.9. The number of carbonyl (C=O) groups is 1. The second-order valence-electron chi connectivity index (χ2n) is 7.41. The topological polar surface area (TPSA) is 77.0 Å². The van der Waals surface area contributed by atoms with E-state index in [1.165, 1.54) is 0 Å². The molecule has 8 nitrogen and oxygen atoms in total. The van der Waals surface area contributed by atoms with E-state index in [0.717, 1.165) is 22.2 Å². The van der Waals surface area contributed by atoms with Gasteiger partial charge >= 0.3 is 5.97 Å². The van der Waals surface area contributed by atoms with Crippen molar-refractivity contribution in [3.8, 4) is 5.75 Å². The molecule has 3 aromatic rings. The van der Waals surface area contributed by atoms with Crippen molar-refractivity contribution in [2.45, 2.75) is 26.3 Å². The lowest BCUT2D eigenvalue weighted by atomic mass is 10.2. The molecule has 0 unspecified atom stereocenters. The number of rotatable bonds is 7. The molecule has 2 bridgehead atoms. The summed E-state index contributed by atoms with van der Waals surface area (Å²) in [4.78, 5) is 29.0. The smallest absolute Gasteiger partial charge is 0.305 e. The summed E-state index contributed by atoms with van der Waals surface area (Å²) in [5.41, 5.74) is 1.79. The van der Waals surface area contributed by atoms with Crippen LogP contribution in [0.2, 0.25) is 5.02 Å². The minimum absolute atomic E-state index is 0. The van der Waals surface area contributed by atoms with Crippen molar-refractivity contribution >= 4 is 52.6 Å². The first-order chi connectivity index (χ1) is 15.5. The number of halogens is 2. The molecule has 0 saturated heterocycles. The van der Waals surface area contributed by atoms with Gasteiger partial charge in [0.15, 0.2) is 5.82 Å². The lowest BCUT2D eigenvalue weighted by Gasteiger charge is -2.25. The summed E-state index contributed by atoms with van der Waals surface area (Å²) in [6.07, 6.45) is 0.976. The zero-order chi connectivity index (χ0) is 22.5. The molecule has 0 saturated carbocycles. The number of ether oxygens (including phenoxy) is 2. The average molecular weight is 493 g/mol. The normalized spacial score (nSPS) is 12.9. The maximum absolute atomic E-state index is 11.6. The second-order valence-corrected chi connectivity index (χ2v) is 7.85. The number of hydrogen-bond acceptors (Lipinski definition) is 8. The van der Waals surface area contributed by atoms with Crippen molar-refractivity contribution in [2.24, 2.45) is 0 Å². The van der Waals surface area contributed by atoms with E-state index in [2.05, 4.69) is 0 Å². The summed E-state index contributed by atoms with van der Waals surface area (Å²) in [6.45, 7) is 3.32. The maximum Gasteiger partial charge on any atom is 0.305 e. The molecule has 5 rings (SSSR count). The Bertz CT molecular complexity index is 1100. The summed E-state index contributed by atoms with van der Waals surface area (Å²) >= 11 is 6.28. The largest absolute Gasteiger partial charge is 0.466 e. The van der Waals surface area contributed by atoms with Crippen LogP contribution < -0.4 is 14.7 Å². The molecule has 0 aliphatic carbocycles. The quantitative estimate of drug-likeness (QED) is 0.436. The van der Waals surface area contributed by atoms with Crippen molar-refractivity contribution < 1.29 is 19.1 Å². The number of hydroxylamine groups is 1. The first kappa shape index (κ1) is 24.8. The lowest BCUT2D eigenvalue weighted by Crippen LogP contribution is -2.28. The van der Waals surface area contributed by atoms with Gasteiger partial charge in [0.1, 0.15) is 5.75 Å². The Morgan fingerprint density at radius 2 is 2.00 bits per heavy atom. The fourth-order valence-corrected chi connectivity index (χ4v) is 3.60. The highest BCUT2D eigenvalue weighted by molar-refractivity contribution is 6.31. The number of carbonyl (C=O) groups excluding carboxylic acids is 1. The Kier molecular flexibility index (Phi) is 8.55. The van der Waals surface area contributed by atoms with E-state index in [1.807, 2.05) is 48.3 Å². The van der Waals surface area contributed by atoms with Crippen LogP contribution in [-0.2, 0) is 20.9 Å². The van der Waals surface area contributed by atoms with Gasteiger partial charge in [0.05, 0.1) is 18.7 Å². The number of nitrogens with zero attached hydrogens (tertiary/aromatic N) is 4. The Morgan fingerprint density at radius 1 is 1.21 bits per heavy atom. The summed E-state index contributed by atoms with van der Waals surface area (Å²) < 4.78 is 10.7. The molecule has 10 heteroatoms. The molecule has 3 heterocycles. The number of hydrogen-bond donors (Lipinski definition) is 0. The van der Waals surface area contributed by atoms with Crippen LogP contribution in [0.15, 0.2) is 42.5 Å². The van der Waals surface area contributed by atoms with E-state index < -0.39 is 0 Å². The molecule has 2 aromatic carbocycles. The van der Waals surface area contributed by atoms with Gasteiger partial charge in [0.2, 0.25) is 12.7 Å². The second kappa shape index (κ2) is 11.4. The van der Waals surface area contributed by atoms with Gasteiger partial charge in [-0.3, -0.25) is 4.79 Å². The molecule has 0 atom stereocenters. The van der Waals surface area contributed by atoms with Crippen LogP contribution in [0.3, 0.4) is 0 Å². The average Bonchev–Trinajstić information content (AvgIpc) is 2.95. The lowest BCUT2D eigenvalue weighted by molar-refractivity contribution is -0.143. The Hall–Kier alpha value is -2.81. The van der Waals surface area contributed by atoms with Crippen molar-refractivity contribution in [1.29, 1.82) is 0 Å². The first-order valence-electron chi connectivity index (χ1n) is 10.5.